The second kappa shape index (κ2) is 6.79. The van der Waals surface area contributed by atoms with Gasteiger partial charge in [0.15, 0.2) is 0 Å². The summed E-state index contributed by atoms with van der Waals surface area (Å²) in [6.45, 7) is 2.06. The van der Waals surface area contributed by atoms with Crippen molar-refractivity contribution in [2.75, 3.05) is 11.9 Å². The van der Waals surface area contributed by atoms with Gasteiger partial charge in [0, 0.05) is 5.02 Å². The Kier molecular flexibility index (Phi) is 5.06. The highest BCUT2D eigenvalue weighted by Crippen LogP contribution is 2.25. The predicted molar refractivity (Wildman–Crippen MR) is 80.2 cm³/mol. The molecule has 4 nitrogen and oxygen atoms in total. The van der Waals surface area contributed by atoms with Crippen LogP contribution in [0.1, 0.15) is 18.7 Å². The molecule has 0 saturated heterocycles. The molecule has 20 heavy (non-hydrogen) atoms. The molecule has 0 aliphatic rings. The lowest BCUT2D eigenvalue weighted by atomic mass is 10.2. The van der Waals surface area contributed by atoms with Gasteiger partial charge in [0.2, 0.25) is 5.91 Å². The number of hydrogen-bond acceptors (Lipinski definition) is 3. The van der Waals surface area contributed by atoms with Gasteiger partial charge >= 0.3 is 0 Å². The van der Waals surface area contributed by atoms with Crippen LogP contribution in [0.5, 0.6) is 0 Å². The topological polar surface area (TPSA) is 54.3 Å². The van der Waals surface area contributed by atoms with E-state index in [1.807, 2.05) is 13.0 Å². The van der Waals surface area contributed by atoms with E-state index in [1.165, 1.54) is 0 Å². The maximum atomic E-state index is 11.8. The molecular weight excluding hydrogens is 299 g/mol. The quantitative estimate of drug-likeness (QED) is 0.881. The van der Waals surface area contributed by atoms with E-state index in [9.17, 15) is 4.79 Å². The SMILES string of the molecule is C[C@@H](NCC(=O)Nc1cc(Cl)ccc1Cl)c1ccco1. The van der Waals surface area contributed by atoms with Crippen LogP contribution in [0.25, 0.3) is 0 Å². The number of hydrogen-bond donors (Lipinski definition) is 2. The van der Waals surface area contributed by atoms with Gasteiger partial charge < -0.3 is 9.73 Å². The lowest BCUT2D eigenvalue weighted by molar-refractivity contribution is -0.115. The molecule has 106 valence electrons. The Bertz CT molecular complexity index is 585. The fraction of sp³-hybridized carbons (Fsp3) is 0.214. The van der Waals surface area contributed by atoms with Crippen molar-refractivity contribution in [2.24, 2.45) is 0 Å². The van der Waals surface area contributed by atoms with E-state index < -0.39 is 0 Å². The molecule has 1 aromatic carbocycles. The van der Waals surface area contributed by atoms with Crippen molar-refractivity contribution in [3.63, 3.8) is 0 Å². The number of anilines is 1. The number of nitrogens with one attached hydrogen (secondary N) is 2. The fourth-order valence-electron chi connectivity index (χ4n) is 1.67. The molecule has 0 radical (unpaired) electrons. The maximum absolute atomic E-state index is 11.8. The zero-order valence-corrected chi connectivity index (χ0v) is 12.3. The van der Waals surface area contributed by atoms with Crippen molar-refractivity contribution in [3.05, 3.63) is 52.4 Å². The molecule has 0 bridgehead atoms. The summed E-state index contributed by atoms with van der Waals surface area (Å²) in [7, 11) is 0. The fourth-order valence-corrected chi connectivity index (χ4v) is 2.01. The molecule has 6 heteroatoms. The molecular formula is C14H14Cl2N2O2. The summed E-state index contributed by atoms with van der Waals surface area (Å²) in [5.41, 5.74) is 0.497. The third-order valence-electron chi connectivity index (χ3n) is 2.74. The smallest absolute Gasteiger partial charge is 0.238 e. The van der Waals surface area contributed by atoms with E-state index in [0.717, 1.165) is 5.76 Å². The van der Waals surface area contributed by atoms with Crippen molar-refractivity contribution >= 4 is 34.8 Å². The van der Waals surface area contributed by atoms with Crippen molar-refractivity contribution in [1.29, 1.82) is 0 Å². The Labute approximate surface area is 127 Å². The van der Waals surface area contributed by atoms with E-state index in [-0.39, 0.29) is 18.5 Å². The number of furan rings is 1. The summed E-state index contributed by atoms with van der Waals surface area (Å²) in [6.07, 6.45) is 1.60. The molecule has 0 unspecified atom stereocenters. The lowest BCUT2D eigenvalue weighted by Crippen LogP contribution is -2.30. The first-order valence-electron chi connectivity index (χ1n) is 6.08. The lowest BCUT2D eigenvalue weighted by Gasteiger charge is -2.12. The normalized spacial score (nSPS) is 12.2. The molecule has 0 aliphatic carbocycles. The van der Waals surface area contributed by atoms with Gasteiger partial charge in [-0.05, 0) is 37.3 Å². The summed E-state index contributed by atoms with van der Waals surface area (Å²) in [4.78, 5) is 11.8. The summed E-state index contributed by atoms with van der Waals surface area (Å²) < 4.78 is 5.25. The Balaban J connectivity index is 1.88. The number of carbonyl (C=O) groups excluding carboxylic acids is 1. The van der Waals surface area contributed by atoms with Crippen LogP contribution in [-0.4, -0.2) is 12.5 Å². The number of carbonyl (C=O) groups is 1. The Morgan fingerprint density at radius 2 is 2.15 bits per heavy atom. The van der Waals surface area contributed by atoms with Gasteiger partial charge in [-0.15, -0.1) is 0 Å². The van der Waals surface area contributed by atoms with Crippen molar-refractivity contribution in [1.82, 2.24) is 5.32 Å². The van der Waals surface area contributed by atoms with Gasteiger partial charge in [0.25, 0.3) is 0 Å². The number of halogens is 2. The second-order valence-corrected chi connectivity index (χ2v) is 5.13. The van der Waals surface area contributed by atoms with Crippen molar-refractivity contribution in [2.45, 2.75) is 13.0 Å². The largest absolute Gasteiger partial charge is 0.468 e. The standard InChI is InChI=1S/C14H14Cl2N2O2/c1-9(13-3-2-6-20-13)17-8-14(19)18-12-7-10(15)4-5-11(12)16/h2-7,9,17H,8H2,1H3,(H,18,19)/t9-/m1/s1. The zero-order valence-electron chi connectivity index (χ0n) is 10.8. The number of amides is 1. The van der Waals surface area contributed by atoms with Crippen LogP contribution in [0.3, 0.4) is 0 Å². The highest BCUT2D eigenvalue weighted by Gasteiger charge is 2.11. The minimum atomic E-state index is -0.201. The summed E-state index contributed by atoms with van der Waals surface area (Å²) in [5.74, 6) is 0.575. The van der Waals surface area contributed by atoms with E-state index in [0.29, 0.717) is 15.7 Å². The molecule has 2 N–H and O–H groups in total. The van der Waals surface area contributed by atoms with Crippen molar-refractivity contribution in [3.8, 4) is 0 Å². The molecule has 1 amide bonds. The minimum absolute atomic E-state index is 0.0504. The monoisotopic (exact) mass is 312 g/mol. The predicted octanol–water partition coefficient (Wildman–Crippen LogP) is 3.88. The van der Waals surface area contributed by atoms with Crippen LogP contribution in [-0.2, 0) is 4.79 Å². The van der Waals surface area contributed by atoms with E-state index in [1.54, 1.807) is 30.5 Å². The van der Waals surface area contributed by atoms with Gasteiger partial charge in [-0.3, -0.25) is 10.1 Å². The van der Waals surface area contributed by atoms with Gasteiger partial charge in [-0.25, -0.2) is 0 Å². The Hall–Kier alpha value is -1.49. The van der Waals surface area contributed by atoms with E-state index >= 15 is 0 Å². The van der Waals surface area contributed by atoms with Crippen LogP contribution in [0, 0.1) is 0 Å². The van der Waals surface area contributed by atoms with E-state index in [2.05, 4.69) is 10.6 Å². The molecule has 1 heterocycles. The van der Waals surface area contributed by atoms with Gasteiger partial charge in [-0.1, -0.05) is 23.2 Å². The molecule has 0 saturated carbocycles. The second-order valence-electron chi connectivity index (χ2n) is 4.29. The van der Waals surface area contributed by atoms with Crippen LogP contribution in [0.2, 0.25) is 10.0 Å². The summed E-state index contributed by atoms with van der Waals surface area (Å²) in [5, 5.41) is 6.72. The first kappa shape index (κ1) is 14.9. The highest BCUT2D eigenvalue weighted by atomic mass is 35.5. The van der Waals surface area contributed by atoms with Crippen LogP contribution in [0.15, 0.2) is 41.0 Å². The number of benzene rings is 1. The number of rotatable bonds is 5. The molecule has 0 fully saturated rings. The molecule has 1 aromatic heterocycles. The zero-order chi connectivity index (χ0) is 14.5. The molecule has 0 aliphatic heterocycles. The first-order valence-corrected chi connectivity index (χ1v) is 6.83. The summed E-state index contributed by atoms with van der Waals surface area (Å²) in [6, 6.07) is 8.51. The van der Waals surface area contributed by atoms with Crippen molar-refractivity contribution < 1.29 is 9.21 Å². The molecule has 2 aromatic rings. The molecule has 0 spiro atoms. The average Bonchev–Trinajstić information content (AvgIpc) is 2.94. The highest BCUT2D eigenvalue weighted by molar-refractivity contribution is 6.35. The van der Waals surface area contributed by atoms with Crippen LogP contribution < -0.4 is 10.6 Å². The van der Waals surface area contributed by atoms with Gasteiger partial charge in [0.1, 0.15) is 5.76 Å². The van der Waals surface area contributed by atoms with Crippen LogP contribution in [0.4, 0.5) is 5.69 Å². The summed E-state index contributed by atoms with van der Waals surface area (Å²) >= 11 is 11.8. The van der Waals surface area contributed by atoms with Crippen LogP contribution >= 0.6 is 23.2 Å². The molecule has 2 rings (SSSR count). The third kappa shape index (κ3) is 4.00. The minimum Gasteiger partial charge on any atom is -0.468 e. The van der Waals surface area contributed by atoms with Gasteiger partial charge in [0.05, 0.1) is 29.6 Å². The average molecular weight is 313 g/mol. The Morgan fingerprint density at radius 3 is 2.85 bits per heavy atom. The first-order chi connectivity index (χ1) is 9.56. The molecule has 1 atom stereocenters. The Morgan fingerprint density at radius 1 is 1.35 bits per heavy atom. The van der Waals surface area contributed by atoms with E-state index in [4.69, 9.17) is 27.6 Å². The third-order valence-corrected chi connectivity index (χ3v) is 3.31. The van der Waals surface area contributed by atoms with Gasteiger partial charge in [-0.2, -0.15) is 0 Å². The maximum Gasteiger partial charge on any atom is 0.238 e.